The van der Waals surface area contributed by atoms with Gasteiger partial charge in [0, 0.05) is 7.05 Å². The fourth-order valence-corrected chi connectivity index (χ4v) is 3.59. The number of carbonyl (C=O) groups excluding carboxylic acids is 1. The third-order valence-electron chi connectivity index (χ3n) is 3.83. The molecule has 5 nitrogen and oxygen atoms in total. The third kappa shape index (κ3) is 3.23. The maximum absolute atomic E-state index is 13.1. The number of benzene rings is 2. The molecular weight excluding hydrogens is 375 g/mol. The van der Waals surface area contributed by atoms with Crippen LogP contribution in [0.5, 0.6) is 0 Å². The molecule has 0 saturated carbocycles. The van der Waals surface area contributed by atoms with E-state index in [-0.39, 0.29) is 10.9 Å². The second-order valence-electron chi connectivity index (χ2n) is 5.68. The number of halogens is 2. The summed E-state index contributed by atoms with van der Waals surface area (Å²) in [6.45, 7) is 0. The highest BCUT2D eigenvalue weighted by atomic mass is 35.5. The highest BCUT2D eigenvalue weighted by Crippen LogP contribution is 2.31. The number of rotatable bonds is 2. The Hall–Kier alpha value is -2.64. The van der Waals surface area contributed by atoms with Crippen molar-refractivity contribution < 1.29 is 9.18 Å². The summed E-state index contributed by atoms with van der Waals surface area (Å²) in [6.07, 6.45) is 3.54. The molecule has 0 atom stereocenters. The lowest BCUT2D eigenvalue weighted by atomic mass is 10.2. The first-order valence-electron chi connectivity index (χ1n) is 7.65. The number of thioether (sulfide) groups is 1. The maximum Gasteiger partial charge on any atom is 0.264 e. The first-order chi connectivity index (χ1) is 12.5. The monoisotopic (exact) mass is 386 g/mol. The zero-order valence-electron chi connectivity index (χ0n) is 13.5. The van der Waals surface area contributed by atoms with Crippen LogP contribution in [-0.4, -0.2) is 20.6 Å². The van der Waals surface area contributed by atoms with Gasteiger partial charge >= 0.3 is 0 Å². The van der Waals surface area contributed by atoms with Gasteiger partial charge in [0.2, 0.25) is 0 Å². The van der Waals surface area contributed by atoms with Gasteiger partial charge in [0.25, 0.3) is 5.91 Å². The average molecular weight is 387 g/mol. The van der Waals surface area contributed by atoms with Gasteiger partial charge in [-0.2, -0.15) is 0 Å². The summed E-state index contributed by atoms with van der Waals surface area (Å²) < 4.78 is 15.0. The molecule has 8 heteroatoms. The van der Waals surface area contributed by atoms with Crippen molar-refractivity contribution in [1.82, 2.24) is 14.9 Å². The second kappa shape index (κ2) is 6.59. The van der Waals surface area contributed by atoms with Gasteiger partial charge in [-0.25, -0.2) is 14.4 Å². The van der Waals surface area contributed by atoms with Gasteiger partial charge in [0.1, 0.15) is 5.82 Å². The van der Waals surface area contributed by atoms with Crippen molar-refractivity contribution in [3.63, 3.8) is 0 Å². The van der Waals surface area contributed by atoms with Crippen LogP contribution in [-0.2, 0) is 11.8 Å². The molecule has 130 valence electrons. The molecule has 1 aliphatic rings. The van der Waals surface area contributed by atoms with Crippen LogP contribution in [0.1, 0.15) is 5.56 Å². The number of nitrogens with zero attached hydrogens (tertiary/aromatic N) is 3. The zero-order chi connectivity index (χ0) is 18.3. The summed E-state index contributed by atoms with van der Waals surface area (Å²) in [7, 11) is 1.92. The van der Waals surface area contributed by atoms with E-state index < -0.39 is 5.82 Å². The Morgan fingerprint density at radius 3 is 2.96 bits per heavy atom. The number of aliphatic imine (C=N–C) groups is 1. The largest absolute Gasteiger partial charge is 0.334 e. The first-order valence-corrected chi connectivity index (χ1v) is 8.85. The van der Waals surface area contributed by atoms with Gasteiger partial charge < -0.3 is 9.88 Å². The number of nitrogens with one attached hydrogen (secondary N) is 1. The minimum absolute atomic E-state index is 0.187. The number of imidazole rings is 1. The Labute approximate surface area is 157 Å². The molecule has 2 aromatic carbocycles. The maximum atomic E-state index is 13.1. The van der Waals surface area contributed by atoms with Crippen molar-refractivity contribution >= 4 is 57.2 Å². The minimum atomic E-state index is -0.437. The number of carbonyl (C=O) groups is 1. The van der Waals surface area contributed by atoms with E-state index in [4.69, 9.17) is 11.6 Å². The Bertz CT molecular complexity index is 1110. The molecule has 1 amide bonds. The van der Waals surface area contributed by atoms with Crippen LogP contribution in [0.25, 0.3) is 17.1 Å². The highest BCUT2D eigenvalue weighted by Gasteiger charge is 2.24. The molecule has 0 aliphatic carbocycles. The van der Waals surface area contributed by atoms with Gasteiger partial charge in [-0.15, -0.1) is 0 Å². The molecule has 2 heterocycles. The molecule has 0 unspecified atom stereocenters. The molecule has 0 radical (unpaired) electrons. The number of aryl methyl sites for hydroxylation is 1. The Morgan fingerprint density at radius 2 is 2.15 bits per heavy atom. The Balaban J connectivity index is 1.63. The van der Waals surface area contributed by atoms with Crippen LogP contribution in [0, 0.1) is 5.82 Å². The molecule has 26 heavy (non-hydrogen) atoms. The van der Waals surface area contributed by atoms with Gasteiger partial charge in [-0.05, 0) is 53.7 Å². The number of fused-ring (bicyclic) bond motifs is 1. The summed E-state index contributed by atoms with van der Waals surface area (Å²) in [5.74, 6) is -0.676. The Kier molecular flexibility index (Phi) is 4.26. The highest BCUT2D eigenvalue weighted by molar-refractivity contribution is 8.18. The van der Waals surface area contributed by atoms with Crippen molar-refractivity contribution in [3.05, 3.63) is 64.0 Å². The second-order valence-corrected chi connectivity index (χ2v) is 7.12. The molecule has 1 saturated heterocycles. The summed E-state index contributed by atoms with van der Waals surface area (Å²) >= 11 is 7.19. The average Bonchev–Trinajstić information content (AvgIpc) is 3.14. The van der Waals surface area contributed by atoms with Gasteiger partial charge in [-0.3, -0.25) is 4.79 Å². The van der Waals surface area contributed by atoms with E-state index in [9.17, 15) is 9.18 Å². The zero-order valence-corrected chi connectivity index (χ0v) is 15.1. The van der Waals surface area contributed by atoms with E-state index >= 15 is 0 Å². The number of hydrogen-bond acceptors (Lipinski definition) is 4. The van der Waals surface area contributed by atoms with Crippen molar-refractivity contribution in [3.8, 4) is 0 Å². The van der Waals surface area contributed by atoms with E-state index in [0.717, 1.165) is 16.6 Å². The van der Waals surface area contributed by atoms with Crippen LogP contribution < -0.4 is 5.32 Å². The van der Waals surface area contributed by atoms with E-state index in [1.807, 2.05) is 29.8 Å². The predicted molar refractivity (Wildman–Crippen MR) is 103 cm³/mol. The van der Waals surface area contributed by atoms with Crippen LogP contribution in [0.2, 0.25) is 5.02 Å². The molecule has 0 bridgehead atoms. The lowest BCUT2D eigenvalue weighted by molar-refractivity contribution is -0.115. The topological polar surface area (TPSA) is 59.3 Å². The SMILES string of the molecule is Cn1cnc2ccc(/C=C3/SC(=Nc4ccc(F)cc4Cl)NC3=O)cc21. The number of aromatic nitrogens is 2. The summed E-state index contributed by atoms with van der Waals surface area (Å²) in [4.78, 5) is 21.3. The molecule has 3 aromatic rings. The first kappa shape index (κ1) is 16.8. The van der Waals surface area contributed by atoms with Crippen molar-refractivity contribution in [2.45, 2.75) is 0 Å². The quantitative estimate of drug-likeness (QED) is 0.669. The predicted octanol–water partition coefficient (Wildman–Crippen LogP) is 4.26. The summed E-state index contributed by atoms with van der Waals surface area (Å²) in [5.41, 5.74) is 3.16. The van der Waals surface area contributed by atoms with Crippen molar-refractivity contribution in [2.75, 3.05) is 0 Å². The van der Waals surface area contributed by atoms with Crippen molar-refractivity contribution in [2.24, 2.45) is 12.0 Å². The van der Waals surface area contributed by atoms with Gasteiger partial charge in [0.15, 0.2) is 5.17 Å². The van der Waals surface area contributed by atoms with E-state index in [1.54, 1.807) is 12.4 Å². The van der Waals surface area contributed by atoms with E-state index in [1.165, 1.54) is 30.0 Å². The molecular formula is C18H12ClFN4OS. The van der Waals surface area contributed by atoms with Crippen molar-refractivity contribution in [1.29, 1.82) is 0 Å². The number of amides is 1. The van der Waals surface area contributed by atoms with E-state index in [0.29, 0.717) is 15.8 Å². The van der Waals surface area contributed by atoms with E-state index in [2.05, 4.69) is 15.3 Å². The van der Waals surface area contributed by atoms with Gasteiger partial charge in [-0.1, -0.05) is 17.7 Å². The minimum Gasteiger partial charge on any atom is -0.334 e. The third-order valence-corrected chi connectivity index (χ3v) is 5.04. The molecule has 1 aliphatic heterocycles. The Morgan fingerprint density at radius 1 is 1.31 bits per heavy atom. The normalized spacial score (nSPS) is 17.4. The lowest BCUT2D eigenvalue weighted by Gasteiger charge is -1.99. The number of amidine groups is 1. The summed E-state index contributed by atoms with van der Waals surface area (Å²) in [6, 6.07) is 9.70. The van der Waals surface area contributed by atoms with Crippen LogP contribution >= 0.6 is 23.4 Å². The smallest absolute Gasteiger partial charge is 0.264 e. The fraction of sp³-hybridized carbons (Fsp3) is 0.0556. The van der Waals surface area contributed by atoms with Crippen LogP contribution in [0.3, 0.4) is 0 Å². The molecule has 1 aromatic heterocycles. The molecule has 1 fully saturated rings. The fourth-order valence-electron chi connectivity index (χ4n) is 2.55. The summed E-state index contributed by atoms with van der Waals surface area (Å²) in [5, 5.41) is 3.28. The van der Waals surface area contributed by atoms with Crippen LogP contribution in [0.4, 0.5) is 10.1 Å². The molecule has 0 spiro atoms. The van der Waals surface area contributed by atoms with Crippen LogP contribution in [0.15, 0.2) is 52.6 Å². The van der Waals surface area contributed by atoms with Gasteiger partial charge in [0.05, 0.1) is 33.0 Å². The molecule has 1 N–H and O–H groups in total. The standard InChI is InChI=1S/C18H12ClFN4OS/c1-24-9-21-14-4-2-10(6-15(14)24)7-16-17(25)23-18(26-16)22-13-5-3-11(20)8-12(13)19/h2-9H,1H3,(H,22,23,25)/b16-7+. The molecule has 4 rings (SSSR count). The lowest BCUT2D eigenvalue weighted by Crippen LogP contribution is -2.19. The number of hydrogen-bond donors (Lipinski definition) is 1.